The van der Waals surface area contributed by atoms with Crippen LogP contribution in [0.4, 0.5) is 17.1 Å². The maximum atomic E-state index is 13.1. The molecule has 0 heterocycles. The zero-order chi connectivity index (χ0) is 18.7. The van der Waals surface area contributed by atoms with E-state index in [1.165, 1.54) is 3.57 Å². The van der Waals surface area contributed by atoms with Crippen LogP contribution in [0.25, 0.3) is 0 Å². The molecule has 0 radical (unpaired) electrons. The summed E-state index contributed by atoms with van der Waals surface area (Å²) in [5.41, 5.74) is 4.16. The first-order valence-electron chi connectivity index (χ1n) is 8.11. The van der Waals surface area contributed by atoms with E-state index in [-0.39, 0.29) is 5.91 Å². The van der Waals surface area contributed by atoms with Crippen molar-refractivity contribution in [1.82, 2.24) is 0 Å². The van der Waals surface area contributed by atoms with Crippen LogP contribution in [-0.4, -0.2) is 13.0 Å². The van der Waals surface area contributed by atoms with Gasteiger partial charge in [0, 0.05) is 27.0 Å². The molecule has 26 heavy (non-hydrogen) atoms. The lowest BCUT2D eigenvalue weighted by molar-refractivity contribution is 0.0994. The van der Waals surface area contributed by atoms with Crippen LogP contribution < -0.4 is 10.2 Å². The molecule has 132 valence electrons. The van der Waals surface area contributed by atoms with Gasteiger partial charge in [0.1, 0.15) is 0 Å². The second-order valence-corrected chi connectivity index (χ2v) is 7.66. The van der Waals surface area contributed by atoms with Gasteiger partial charge in [-0.1, -0.05) is 29.8 Å². The van der Waals surface area contributed by atoms with Crippen LogP contribution in [-0.2, 0) is 0 Å². The lowest BCUT2D eigenvalue weighted by Gasteiger charge is -2.20. The van der Waals surface area contributed by atoms with E-state index in [4.69, 9.17) is 11.6 Å². The van der Waals surface area contributed by atoms with Crippen molar-refractivity contribution >= 4 is 57.2 Å². The van der Waals surface area contributed by atoms with Crippen LogP contribution in [0.15, 0.2) is 66.7 Å². The SMILES string of the molecule is Cc1cc(I)ccc1Nc1ccc(Cl)cc1C(=O)N(C)c1ccccc1. The second kappa shape index (κ2) is 8.10. The third kappa shape index (κ3) is 4.19. The Morgan fingerprint density at radius 2 is 1.69 bits per heavy atom. The zero-order valence-electron chi connectivity index (χ0n) is 14.5. The standard InChI is InChI=1S/C21H18ClIN2O/c1-14-12-16(23)9-11-19(14)24-20-10-8-15(22)13-18(20)21(26)25(2)17-6-4-3-5-7-17/h3-13,24H,1-2H3. The third-order valence-electron chi connectivity index (χ3n) is 4.12. The molecule has 3 nitrogen and oxygen atoms in total. The molecule has 1 amide bonds. The summed E-state index contributed by atoms with van der Waals surface area (Å²) in [4.78, 5) is 14.7. The van der Waals surface area contributed by atoms with E-state index < -0.39 is 0 Å². The Kier molecular flexibility index (Phi) is 5.84. The molecule has 0 spiro atoms. The van der Waals surface area contributed by atoms with Crippen LogP contribution >= 0.6 is 34.2 Å². The van der Waals surface area contributed by atoms with Crippen molar-refractivity contribution in [3.63, 3.8) is 0 Å². The Morgan fingerprint density at radius 1 is 1.00 bits per heavy atom. The van der Waals surface area contributed by atoms with Gasteiger partial charge in [0.25, 0.3) is 5.91 Å². The maximum Gasteiger partial charge on any atom is 0.260 e. The van der Waals surface area contributed by atoms with E-state index in [0.717, 1.165) is 22.6 Å². The topological polar surface area (TPSA) is 32.3 Å². The average Bonchev–Trinajstić information content (AvgIpc) is 2.64. The molecular weight excluding hydrogens is 459 g/mol. The number of para-hydroxylation sites is 1. The molecule has 0 aliphatic heterocycles. The van der Waals surface area contributed by atoms with Gasteiger partial charge in [-0.25, -0.2) is 0 Å². The van der Waals surface area contributed by atoms with Gasteiger partial charge in [-0.15, -0.1) is 0 Å². The van der Waals surface area contributed by atoms with Crippen LogP contribution in [0.5, 0.6) is 0 Å². The van der Waals surface area contributed by atoms with E-state index in [9.17, 15) is 4.79 Å². The maximum absolute atomic E-state index is 13.1. The molecule has 0 fully saturated rings. The van der Waals surface area contributed by atoms with Crippen molar-refractivity contribution in [2.75, 3.05) is 17.3 Å². The summed E-state index contributed by atoms with van der Waals surface area (Å²) < 4.78 is 1.17. The number of amides is 1. The van der Waals surface area contributed by atoms with Crippen molar-refractivity contribution in [2.45, 2.75) is 6.92 Å². The quantitative estimate of drug-likeness (QED) is 0.450. The first-order chi connectivity index (χ1) is 12.5. The van der Waals surface area contributed by atoms with E-state index in [1.54, 1.807) is 24.1 Å². The van der Waals surface area contributed by atoms with Crippen LogP contribution in [0, 0.1) is 10.5 Å². The molecule has 3 rings (SSSR count). The summed E-state index contributed by atoms with van der Waals surface area (Å²) in [7, 11) is 1.76. The lowest BCUT2D eigenvalue weighted by Crippen LogP contribution is -2.26. The molecule has 5 heteroatoms. The number of hydrogen-bond donors (Lipinski definition) is 1. The Hall–Kier alpha value is -2.05. The number of carbonyl (C=O) groups is 1. The molecule has 0 atom stereocenters. The van der Waals surface area contributed by atoms with Gasteiger partial charge in [-0.3, -0.25) is 4.79 Å². The molecule has 0 aromatic heterocycles. The van der Waals surface area contributed by atoms with Crippen molar-refractivity contribution < 1.29 is 4.79 Å². The summed E-state index contributed by atoms with van der Waals surface area (Å²) >= 11 is 8.45. The fourth-order valence-electron chi connectivity index (χ4n) is 2.66. The first-order valence-corrected chi connectivity index (χ1v) is 9.57. The highest BCUT2D eigenvalue weighted by atomic mass is 127. The molecule has 3 aromatic rings. The highest BCUT2D eigenvalue weighted by Crippen LogP contribution is 2.28. The predicted molar refractivity (Wildman–Crippen MR) is 118 cm³/mol. The third-order valence-corrected chi connectivity index (χ3v) is 5.02. The van der Waals surface area contributed by atoms with Gasteiger partial charge < -0.3 is 10.2 Å². The number of benzene rings is 3. The molecule has 3 aromatic carbocycles. The van der Waals surface area contributed by atoms with Crippen molar-refractivity contribution in [2.24, 2.45) is 0 Å². The number of anilines is 3. The zero-order valence-corrected chi connectivity index (χ0v) is 17.4. The highest BCUT2D eigenvalue weighted by Gasteiger charge is 2.18. The number of nitrogens with one attached hydrogen (secondary N) is 1. The monoisotopic (exact) mass is 476 g/mol. The summed E-state index contributed by atoms with van der Waals surface area (Å²) in [6.45, 7) is 2.04. The molecule has 0 saturated carbocycles. The van der Waals surface area contributed by atoms with Gasteiger partial charge in [0.15, 0.2) is 0 Å². The van der Waals surface area contributed by atoms with E-state index in [2.05, 4.69) is 34.0 Å². The van der Waals surface area contributed by atoms with E-state index in [1.807, 2.05) is 55.5 Å². The Morgan fingerprint density at radius 3 is 2.38 bits per heavy atom. The van der Waals surface area contributed by atoms with Crippen LogP contribution in [0.2, 0.25) is 5.02 Å². The Bertz CT molecular complexity index is 944. The van der Waals surface area contributed by atoms with Crippen molar-refractivity contribution in [3.8, 4) is 0 Å². The van der Waals surface area contributed by atoms with Crippen molar-refractivity contribution in [1.29, 1.82) is 0 Å². The molecule has 1 N–H and O–H groups in total. The predicted octanol–water partition coefficient (Wildman–Crippen LogP) is 6.27. The normalized spacial score (nSPS) is 10.5. The summed E-state index contributed by atoms with van der Waals surface area (Å²) in [5.74, 6) is -0.121. The number of rotatable bonds is 4. The fraction of sp³-hybridized carbons (Fsp3) is 0.0952. The van der Waals surface area contributed by atoms with Gasteiger partial charge in [-0.2, -0.15) is 0 Å². The Balaban J connectivity index is 1.96. The van der Waals surface area contributed by atoms with Gasteiger partial charge in [-0.05, 0) is 83.6 Å². The molecular formula is C21H18ClIN2O. The highest BCUT2D eigenvalue weighted by molar-refractivity contribution is 14.1. The number of halogens is 2. The van der Waals surface area contributed by atoms with Gasteiger partial charge in [0.2, 0.25) is 0 Å². The van der Waals surface area contributed by atoms with Crippen LogP contribution in [0.3, 0.4) is 0 Å². The average molecular weight is 477 g/mol. The molecule has 0 aliphatic rings. The summed E-state index contributed by atoms with van der Waals surface area (Å²) in [6.07, 6.45) is 0. The second-order valence-electron chi connectivity index (χ2n) is 5.97. The van der Waals surface area contributed by atoms with Crippen LogP contribution in [0.1, 0.15) is 15.9 Å². The number of hydrogen-bond acceptors (Lipinski definition) is 2. The minimum atomic E-state index is -0.121. The van der Waals surface area contributed by atoms with E-state index >= 15 is 0 Å². The first kappa shape index (κ1) is 18.7. The lowest BCUT2D eigenvalue weighted by atomic mass is 10.1. The minimum absolute atomic E-state index is 0.121. The number of nitrogens with zero attached hydrogens (tertiary/aromatic N) is 1. The smallest absolute Gasteiger partial charge is 0.260 e. The Labute approximate surface area is 172 Å². The summed E-state index contributed by atoms with van der Waals surface area (Å²) in [6, 6.07) is 21.0. The minimum Gasteiger partial charge on any atom is -0.355 e. The summed E-state index contributed by atoms with van der Waals surface area (Å²) in [5, 5.41) is 3.90. The number of carbonyl (C=O) groups excluding carboxylic acids is 1. The molecule has 0 saturated heterocycles. The molecule has 0 unspecified atom stereocenters. The largest absolute Gasteiger partial charge is 0.355 e. The molecule has 0 aliphatic carbocycles. The van der Waals surface area contributed by atoms with E-state index in [0.29, 0.717) is 10.6 Å². The van der Waals surface area contributed by atoms with Gasteiger partial charge in [0.05, 0.1) is 11.3 Å². The van der Waals surface area contributed by atoms with Crippen molar-refractivity contribution in [3.05, 3.63) is 86.4 Å². The number of aryl methyl sites for hydroxylation is 1. The van der Waals surface area contributed by atoms with Gasteiger partial charge >= 0.3 is 0 Å². The fourth-order valence-corrected chi connectivity index (χ4v) is 3.48. The molecule has 0 bridgehead atoms.